The first kappa shape index (κ1) is 23.8. The molecule has 1 fully saturated rings. The molecule has 0 aromatic heterocycles. The van der Waals surface area contributed by atoms with Gasteiger partial charge < -0.3 is 14.4 Å². The number of aryl methyl sites for hydroxylation is 2. The minimum Gasteiger partial charge on any atom is -0.493 e. The van der Waals surface area contributed by atoms with Crippen molar-refractivity contribution in [1.82, 2.24) is 4.90 Å². The van der Waals surface area contributed by atoms with Gasteiger partial charge in [-0.05, 0) is 56.5 Å². The van der Waals surface area contributed by atoms with E-state index < -0.39 is 0 Å². The van der Waals surface area contributed by atoms with E-state index >= 15 is 0 Å². The Labute approximate surface area is 202 Å². The second-order valence-corrected chi connectivity index (χ2v) is 9.08. The van der Waals surface area contributed by atoms with Crippen LogP contribution in [0.5, 0.6) is 11.5 Å². The molecule has 0 atom stereocenters. The number of likely N-dealkylation sites (tertiary alicyclic amines) is 1. The lowest BCUT2D eigenvalue weighted by molar-refractivity contribution is 0.0958. The average Bonchev–Trinajstić information content (AvgIpc) is 2.85. The topological polar surface area (TPSA) is 42.0 Å². The highest BCUT2D eigenvalue weighted by atomic mass is 16.5. The molecule has 5 heteroatoms. The fraction of sp³-hybridized carbons (Fsp3) is 0.345. The number of anilines is 1. The van der Waals surface area contributed by atoms with E-state index in [1.54, 1.807) is 14.2 Å². The number of piperidine rings is 1. The van der Waals surface area contributed by atoms with Gasteiger partial charge in [-0.3, -0.25) is 9.69 Å². The van der Waals surface area contributed by atoms with Crippen LogP contribution in [0.4, 0.5) is 5.69 Å². The first-order valence-corrected chi connectivity index (χ1v) is 11.9. The Bertz CT molecular complexity index is 1140. The maximum atomic E-state index is 13.8. The Kier molecular flexibility index (Phi) is 7.53. The Morgan fingerprint density at radius 2 is 1.56 bits per heavy atom. The van der Waals surface area contributed by atoms with Crippen LogP contribution in [-0.4, -0.2) is 44.2 Å². The number of nitrogens with zero attached hydrogens (tertiary/aromatic N) is 2. The molecular formula is C29H34N2O3. The molecule has 34 heavy (non-hydrogen) atoms. The van der Waals surface area contributed by atoms with Crippen molar-refractivity contribution in [3.05, 3.63) is 89.0 Å². The Morgan fingerprint density at radius 3 is 2.21 bits per heavy atom. The Morgan fingerprint density at radius 1 is 0.882 bits per heavy atom. The van der Waals surface area contributed by atoms with Crippen LogP contribution >= 0.6 is 0 Å². The third-order valence-electron chi connectivity index (χ3n) is 6.54. The third kappa shape index (κ3) is 5.42. The van der Waals surface area contributed by atoms with Crippen LogP contribution in [0.3, 0.4) is 0 Å². The molecule has 1 aliphatic rings. The molecule has 3 aromatic rings. The van der Waals surface area contributed by atoms with Gasteiger partial charge in [0.25, 0.3) is 5.91 Å². The van der Waals surface area contributed by atoms with Crippen molar-refractivity contribution in [1.29, 1.82) is 0 Å². The van der Waals surface area contributed by atoms with Gasteiger partial charge >= 0.3 is 0 Å². The van der Waals surface area contributed by atoms with Crippen molar-refractivity contribution < 1.29 is 14.3 Å². The lowest BCUT2D eigenvalue weighted by Crippen LogP contribution is -2.47. The van der Waals surface area contributed by atoms with Gasteiger partial charge in [0, 0.05) is 43.0 Å². The second-order valence-electron chi connectivity index (χ2n) is 9.08. The van der Waals surface area contributed by atoms with Gasteiger partial charge in [-0.2, -0.15) is 0 Å². The molecule has 5 nitrogen and oxygen atoms in total. The van der Waals surface area contributed by atoms with E-state index in [4.69, 9.17) is 9.47 Å². The fourth-order valence-electron chi connectivity index (χ4n) is 4.79. The number of amides is 1. The van der Waals surface area contributed by atoms with Crippen LogP contribution in [0.25, 0.3) is 0 Å². The molecule has 1 saturated heterocycles. The second kappa shape index (κ2) is 10.7. The molecule has 1 amide bonds. The number of methoxy groups -OCH3 is 2. The summed E-state index contributed by atoms with van der Waals surface area (Å²) >= 11 is 0. The van der Waals surface area contributed by atoms with Gasteiger partial charge in [0.2, 0.25) is 0 Å². The van der Waals surface area contributed by atoms with E-state index in [0.29, 0.717) is 17.1 Å². The van der Waals surface area contributed by atoms with Gasteiger partial charge in [0.15, 0.2) is 11.5 Å². The first-order chi connectivity index (χ1) is 16.5. The SMILES string of the molecule is COc1ccc(N(C(=O)c2cccc(C)c2)C2CCN(Cc3cccc(C)c3)CC2)cc1OC. The minimum absolute atomic E-state index is 0.0213. The van der Waals surface area contributed by atoms with E-state index in [1.807, 2.05) is 54.3 Å². The summed E-state index contributed by atoms with van der Waals surface area (Å²) in [6, 6.07) is 22.4. The molecule has 4 rings (SSSR count). The molecule has 0 aliphatic carbocycles. The molecule has 0 saturated carbocycles. The highest BCUT2D eigenvalue weighted by molar-refractivity contribution is 6.06. The number of ether oxygens (including phenoxy) is 2. The standard InChI is InChI=1S/C29H34N2O3/c1-21-7-5-9-23(17-21)20-30-15-13-25(14-16-30)31(29(32)24-10-6-8-22(2)18-24)26-11-12-27(33-3)28(19-26)34-4/h5-12,17-19,25H,13-16,20H2,1-4H3. The molecule has 3 aromatic carbocycles. The zero-order valence-electron chi connectivity index (χ0n) is 20.6. The van der Waals surface area contributed by atoms with Crippen LogP contribution in [0.2, 0.25) is 0 Å². The van der Waals surface area contributed by atoms with Crippen LogP contribution in [0, 0.1) is 13.8 Å². The van der Waals surface area contributed by atoms with E-state index in [0.717, 1.165) is 43.7 Å². The molecule has 0 N–H and O–H groups in total. The van der Waals surface area contributed by atoms with Crippen molar-refractivity contribution in [3.8, 4) is 11.5 Å². The molecule has 1 aliphatic heterocycles. The molecule has 0 radical (unpaired) electrons. The predicted octanol–water partition coefficient (Wildman–Crippen LogP) is 5.63. The van der Waals surface area contributed by atoms with Crippen molar-refractivity contribution in [2.75, 3.05) is 32.2 Å². The summed E-state index contributed by atoms with van der Waals surface area (Å²) in [5.74, 6) is 1.30. The minimum atomic E-state index is 0.0213. The van der Waals surface area contributed by atoms with Gasteiger partial charge in [-0.15, -0.1) is 0 Å². The summed E-state index contributed by atoms with van der Waals surface area (Å²) in [5.41, 5.74) is 5.24. The maximum Gasteiger partial charge on any atom is 0.258 e. The number of rotatable bonds is 7. The summed E-state index contributed by atoms with van der Waals surface area (Å²) in [7, 11) is 3.25. The maximum absolute atomic E-state index is 13.8. The van der Waals surface area contributed by atoms with Crippen molar-refractivity contribution in [2.24, 2.45) is 0 Å². The summed E-state index contributed by atoms with van der Waals surface area (Å²) in [6.07, 6.45) is 1.83. The highest BCUT2D eigenvalue weighted by Crippen LogP contribution is 2.34. The number of hydrogen-bond donors (Lipinski definition) is 0. The van der Waals surface area contributed by atoms with Crippen molar-refractivity contribution >= 4 is 11.6 Å². The monoisotopic (exact) mass is 458 g/mol. The number of hydrogen-bond acceptors (Lipinski definition) is 4. The lowest BCUT2D eigenvalue weighted by atomic mass is 9.99. The van der Waals surface area contributed by atoms with Gasteiger partial charge in [-0.1, -0.05) is 47.5 Å². The van der Waals surface area contributed by atoms with E-state index in [2.05, 4.69) is 36.1 Å². The summed E-state index contributed by atoms with van der Waals surface area (Å²) in [4.78, 5) is 18.2. The molecule has 0 spiro atoms. The quantitative estimate of drug-likeness (QED) is 0.460. The third-order valence-corrected chi connectivity index (χ3v) is 6.54. The van der Waals surface area contributed by atoms with E-state index in [9.17, 15) is 4.79 Å². The van der Waals surface area contributed by atoms with E-state index in [-0.39, 0.29) is 11.9 Å². The number of carbonyl (C=O) groups excluding carboxylic acids is 1. The predicted molar refractivity (Wildman–Crippen MR) is 137 cm³/mol. The number of benzene rings is 3. The summed E-state index contributed by atoms with van der Waals surface area (Å²) in [6.45, 7) is 6.98. The van der Waals surface area contributed by atoms with Crippen LogP contribution in [0.1, 0.15) is 39.9 Å². The first-order valence-electron chi connectivity index (χ1n) is 11.9. The van der Waals surface area contributed by atoms with E-state index in [1.165, 1.54) is 11.1 Å². The van der Waals surface area contributed by atoms with Crippen LogP contribution in [-0.2, 0) is 6.54 Å². The summed E-state index contributed by atoms with van der Waals surface area (Å²) < 4.78 is 11.0. The van der Waals surface area contributed by atoms with Crippen LogP contribution in [0.15, 0.2) is 66.7 Å². The molecule has 178 valence electrons. The lowest BCUT2D eigenvalue weighted by Gasteiger charge is -2.39. The average molecular weight is 459 g/mol. The largest absolute Gasteiger partial charge is 0.493 e. The molecule has 0 bridgehead atoms. The Balaban J connectivity index is 1.58. The smallest absolute Gasteiger partial charge is 0.258 e. The highest BCUT2D eigenvalue weighted by Gasteiger charge is 2.30. The van der Waals surface area contributed by atoms with Gasteiger partial charge in [-0.25, -0.2) is 0 Å². The van der Waals surface area contributed by atoms with Gasteiger partial charge in [0.1, 0.15) is 0 Å². The fourth-order valence-corrected chi connectivity index (χ4v) is 4.79. The Hall–Kier alpha value is -3.31. The molecule has 0 unspecified atom stereocenters. The van der Waals surface area contributed by atoms with Crippen LogP contribution < -0.4 is 14.4 Å². The number of carbonyl (C=O) groups is 1. The zero-order chi connectivity index (χ0) is 24.1. The van der Waals surface area contributed by atoms with Gasteiger partial charge in [0.05, 0.1) is 14.2 Å². The zero-order valence-corrected chi connectivity index (χ0v) is 20.6. The van der Waals surface area contributed by atoms with Crippen molar-refractivity contribution in [3.63, 3.8) is 0 Å². The molecular weight excluding hydrogens is 424 g/mol. The normalized spacial score (nSPS) is 14.6. The molecule has 1 heterocycles. The van der Waals surface area contributed by atoms with Crippen molar-refractivity contribution in [2.45, 2.75) is 39.3 Å². The summed E-state index contributed by atoms with van der Waals surface area (Å²) in [5, 5.41) is 0.